The molecule has 0 saturated carbocycles. The second-order valence-electron chi connectivity index (χ2n) is 6.39. The molecule has 4 nitrogen and oxygen atoms in total. The molecule has 4 heteroatoms. The van der Waals surface area contributed by atoms with Crippen LogP contribution in [0.5, 0.6) is 0 Å². The van der Waals surface area contributed by atoms with Crippen molar-refractivity contribution in [2.24, 2.45) is 16.8 Å². The molecule has 2 unspecified atom stereocenters. The second kappa shape index (κ2) is 5.07. The Morgan fingerprint density at radius 2 is 1.94 bits per heavy atom. The fourth-order valence-electron chi connectivity index (χ4n) is 2.10. The highest BCUT2D eigenvalue weighted by molar-refractivity contribution is 6.05. The lowest BCUT2D eigenvalue weighted by Crippen LogP contribution is -2.47. The number of hydrogen-bond donors (Lipinski definition) is 2. The molecule has 2 atom stereocenters. The first-order valence-electron chi connectivity index (χ1n) is 6.36. The first kappa shape index (κ1) is 14.0. The van der Waals surface area contributed by atoms with Gasteiger partial charge in [-0.3, -0.25) is 10.1 Å². The van der Waals surface area contributed by atoms with Crippen LogP contribution in [0.15, 0.2) is 4.99 Å². The summed E-state index contributed by atoms with van der Waals surface area (Å²) >= 11 is 0. The maximum absolute atomic E-state index is 11.8. The van der Waals surface area contributed by atoms with Crippen LogP contribution in [0.25, 0.3) is 0 Å². The minimum Gasteiger partial charge on any atom is -0.351 e. The Bertz CT molecular complexity index is 315. The van der Waals surface area contributed by atoms with Crippen molar-refractivity contribution in [1.29, 1.82) is 0 Å². The molecule has 1 aliphatic rings. The molecule has 0 aliphatic carbocycles. The Morgan fingerprint density at radius 1 is 1.35 bits per heavy atom. The molecular formula is C13H25N3O. The molecule has 1 aliphatic heterocycles. The molecule has 1 amide bonds. The average Bonchev–Trinajstić information content (AvgIpc) is 2.41. The van der Waals surface area contributed by atoms with Crippen LogP contribution in [0.1, 0.15) is 48.0 Å². The quantitative estimate of drug-likeness (QED) is 0.790. The predicted molar refractivity (Wildman–Crippen MR) is 70.9 cm³/mol. The van der Waals surface area contributed by atoms with Crippen molar-refractivity contribution in [3.05, 3.63) is 0 Å². The van der Waals surface area contributed by atoms with Crippen LogP contribution in [0.2, 0.25) is 0 Å². The molecule has 0 fully saturated rings. The minimum absolute atomic E-state index is 0.0184. The first-order chi connectivity index (χ1) is 7.69. The summed E-state index contributed by atoms with van der Waals surface area (Å²) in [6.07, 6.45) is 1.02. The molecule has 0 aromatic heterocycles. The van der Waals surface area contributed by atoms with Gasteiger partial charge in [-0.1, -0.05) is 20.8 Å². The Kier molecular flexibility index (Phi) is 4.17. The Morgan fingerprint density at radius 3 is 2.41 bits per heavy atom. The van der Waals surface area contributed by atoms with E-state index < -0.39 is 0 Å². The van der Waals surface area contributed by atoms with Gasteiger partial charge in [0.1, 0.15) is 6.04 Å². The predicted octanol–water partition coefficient (Wildman–Crippen LogP) is 1.91. The molecule has 17 heavy (non-hydrogen) atoms. The maximum Gasteiger partial charge on any atom is 0.251 e. The van der Waals surface area contributed by atoms with E-state index in [1.54, 1.807) is 0 Å². The highest BCUT2D eigenvalue weighted by atomic mass is 16.2. The van der Waals surface area contributed by atoms with Crippen molar-refractivity contribution < 1.29 is 4.79 Å². The third-order valence-corrected chi connectivity index (χ3v) is 2.65. The van der Waals surface area contributed by atoms with Crippen LogP contribution in [0.4, 0.5) is 0 Å². The van der Waals surface area contributed by atoms with Crippen LogP contribution < -0.4 is 10.6 Å². The van der Waals surface area contributed by atoms with Crippen LogP contribution in [-0.4, -0.2) is 23.4 Å². The number of carbonyl (C=O) groups excluding carboxylic acids is 1. The zero-order valence-corrected chi connectivity index (χ0v) is 11.8. The number of amides is 1. The summed E-state index contributed by atoms with van der Waals surface area (Å²) in [5.74, 6) is 1.51. The van der Waals surface area contributed by atoms with Gasteiger partial charge in [0.05, 0.1) is 0 Å². The van der Waals surface area contributed by atoms with Crippen molar-refractivity contribution in [2.45, 2.75) is 59.5 Å². The van der Waals surface area contributed by atoms with Gasteiger partial charge in [0.2, 0.25) is 0 Å². The first-order valence-corrected chi connectivity index (χ1v) is 6.36. The molecule has 2 N–H and O–H groups in total. The highest BCUT2D eigenvalue weighted by Crippen LogP contribution is 2.20. The topological polar surface area (TPSA) is 53.5 Å². The Hall–Kier alpha value is -1.06. The van der Waals surface area contributed by atoms with Crippen LogP contribution in [0.3, 0.4) is 0 Å². The van der Waals surface area contributed by atoms with Crippen molar-refractivity contribution in [3.63, 3.8) is 0 Å². The van der Waals surface area contributed by atoms with Gasteiger partial charge in [0.25, 0.3) is 5.91 Å². The van der Waals surface area contributed by atoms with E-state index in [-0.39, 0.29) is 23.4 Å². The van der Waals surface area contributed by atoms with Crippen LogP contribution in [0, 0.1) is 11.8 Å². The molecule has 0 aromatic rings. The maximum atomic E-state index is 11.8. The third kappa shape index (κ3) is 4.36. The molecule has 0 aromatic carbocycles. The monoisotopic (exact) mass is 239 g/mol. The normalized spacial score (nSPS) is 22.4. The molecule has 98 valence electrons. The van der Waals surface area contributed by atoms with Gasteiger partial charge in [0, 0.05) is 5.54 Å². The van der Waals surface area contributed by atoms with Crippen molar-refractivity contribution in [3.8, 4) is 0 Å². The van der Waals surface area contributed by atoms with E-state index in [0.29, 0.717) is 11.9 Å². The standard InChI is InChI=1S/C13H25N3O/c1-8(2)7-9(3)10-11(17)15-12(14-10)16-13(4,5)6/h8-10H,7H2,1-6H3,(H2,14,15,16,17). The lowest BCUT2D eigenvalue weighted by molar-refractivity contribution is -0.121. The summed E-state index contributed by atoms with van der Waals surface area (Å²) in [6, 6.07) is -0.234. The lowest BCUT2D eigenvalue weighted by atomic mass is 9.92. The molecule has 1 rings (SSSR count). The fraction of sp³-hybridized carbons (Fsp3) is 0.846. The summed E-state index contributed by atoms with van der Waals surface area (Å²) in [5, 5.41) is 6.02. The Balaban J connectivity index is 2.65. The minimum atomic E-state index is -0.234. The summed E-state index contributed by atoms with van der Waals surface area (Å²) in [7, 11) is 0. The van der Waals surface area contributed by atoms with Crippen LogP contribution >= 0.6 is 0 Å². The third-order valence-electron chi connectivity index (χ3n) is 2.65. The van der Waals surface area contributed by atoms with Gasteiger partial charge in [-0.25, -0.2) is 4.99 Å². The van der Waals surface area contributed by atoms with E-state index in [9.17, 15) is 4.79 Å². The molecule has 1 heterocycles. The number of rotatable bonds is 3. The summed E-state index contributed by atoms with van der Waals surface area (Å²) in [6.45, 7) is 12.6. The lowest BCUT2D eigenvalue weighted by Gasteiger charge is -2.21. The zero-order valence-electron chi connectivity index (χ0n) is 11.8. The SMILES string of the molecule is CC(C)CC(C)C1N=C(NC(C)(C)C)NC1=O. The van der Waals surface area contributed by atoms with Gasteiger partial charge < -0.3 is 5.32 Å². The smallest absolute Gasteiger partial charge is 0.251 e. The van der Waals surface area contributed by atoms with Crippen molar-refractivity contribution in [2.75, 3.05) is 0 Å². The second-order valence-corrected chi connectivity index (χ2v) is 6.39. The number of nitrogens with zero attached hydrogens (tertiary/aromatic N) is 1. The van der Waals surface area contributed by atoms with E-state index >= 15 is 0 Å². The highest BCUT2D eigenvalue weighted by Gasteiger charge is 2.32. The summed E-state index contributed by atoms with van der Waals surface area (Å²) in [5.41, 5.74) is -0.0811. The number of aliphatic imine (C=N–C) groups is 1. The van der Waals surface area contributed by atoms with Crippen molar-refractivity contribution in [1.82, 2.24) is 10.6 Å². The van der Waals surface area contributed by atoms with E-state index in [2.05, 4.69) is 36.4 Å². The number of guanidine groups is 1. The fourth-order valence-corrected chi connectivity index (χ4v) is 2.10. The number of carbonyl (C=O) groups is 1. The van der Waals surface area contributed by atoms with Gasteiger partial charge in [-0.15, -0.1) is 0 Å². The number of nitrogens with one attached hydrogen (secondary N) is 2. The van der Waals surface area contributed by atoms with Gasteiger partial charge >= 0.3 is 0 Å². The van der Waals surface area contributed by atoms with Crippen LogP contribution in [-0.2, 0) is 4.79 Å². The largest absolute Gasteiger partial charge is 0.351 e. The van der Waals surface area contributed by atoms with E-state index in [0.717, 1.165) is 6.42 Å². The molecule has 0 saturated heterocycles. The van der Waals surface area contributed by atoms with Gasteiger partial charge in [-0.2, -0.15) is 0 Å². The van der Waals surface area contributed by atoms with E-state index in [1.165, 1.54) is 0 Å². The zero-order chi connectivity index (χ0) is 13.2. The van der Waals surface area contributed by atoms with Gasteiger partial charge in [0.15, 0.2) is 5.96 Å². The Labute approximate surface area is 104 Å². The number of hydrogen-bond acceptors (Lipinski definition) is 3. The summed E-state index contributed by atoms with van der Waals surface area (Å²) in [4.78, 5) is 16.3. The van der Waals surface area contributed by atoms with E-state index in [4.69, 9.17) is 0 Å². The molecule has 0 bridgehead atoms. The summed E-state index contributed by atoms with van der Waals surface area (Å²) < 4.78 is 0. The molecule has 0 radical (unpaired) electrons. The molecular weight excluding hydrogens is 214 g/mol. The van der Waals surface area contributed by atoms with Crippen molar-refractivity contribution >= 4 is 11.9 Å². The van der Waals surface area contributed by atoms with Gasteiger partial charge in [-0.05, 0) is 39.0 Å². The molecule has 0 spiro atoms. The van der Waals surface area contributed by atoms with E-state index in [1.807, 2.05) is 20.8 Å². The average molecular weight is 239 g/mol.